The Morgan fingerprint density at radius 1 is 1.18 bits per heavy atom. The Kier molecular flexibility index (Phi) is 5.43. The summed E-state index contributed by atoms with van der Waals surface area (Å²) in [6.07, 6.45) is 1.98. The lowest BCUT2D eigenvalue weighted by molar-refractivity contribution is -0.143. The number of aromatic nitrogens is 2. The van der Waals surface area contributed by atoms with Crippen molar-refractivity contribution in [2.75, 3.05) is 26.2 Å². The molecule has 1 aromatic heterocycles. The number of nitrogens with zero attached hydrogens (tertiary/aromatic N) is 5. The van der Waals surface area contributed by atoms with Gasteiger partial charge in [-0.3, -0.25) is 14.4 Å². The van der Waals surface area contributed by atoms with E-state index >= 15 is 0 Å². The largest absolute Gasteiger partial charge is 0.382 e. The van der Waals surface area contributed by atoms with Gasteiger partial charge in [-0.15, -0.1) is 0 Å². The number of carbonyl (C=O) groups is 1. The molecular formula is C21H27N5O2. The van der Waals surface area contributed by atoms with Gasteiger partial charge in [0.1, 0.15) is 0 Å². The van der Waals surface area contributed by atoms with Crippen LogP contribution in [-0.2, 0) is 22.7 Å². The third-order valence-electron chi connectivity index (χ3n) is 5.46. The number of hydrogen-bond donors (Lipinski definition) is 0. The molecule has 3 heterocycles. The van der Waals surface area contributed by atoms with E-state index in [1.54, 1.807) is 0 Å². The lowest BCUT2D eigenvalue weighted by atomic mass is 10.1. The van der Waals surface area contributed by atoms with Gasteiger partial charge in [0.25, 0.3) is 5.91 Å². The van der Waals surface area contributed by atoms with Crippen LogP contribution in [0.5, 0.6) is 0 Å². The molecule has 148 valence electrons. The van der Waals surface area contributed by atoms with Crippen molar-refractivity contribution in [3.05, 3.63) is 53.3 Å². The lowest BCUT2D eigenvalue weighted by Gasteiger charge is -2.35. The third-order valence-corrected chi connectivity index (χ3v) is 5.46. The first-order chi connectivity index (χ1) is 13.6. The highest BCUT2D eigenvalue weighted by atomic mass is 16.6. The molecule has 1 atom stereocenters. The maximum Gasteiger partial charge on any atom is 0.266 e. The van der Waals surface area contributed by atoms with Crippen molar-refractivity contribution in [3.63, 3.8) is 0 Å². The first-order valence-electron chi connectivity index (χ1n) is 9.96. The minimum atomic E-state index is -0.514. The molecule has 4 rings (SSSR count). The molecule has 1 fully saturated rings. The minimum absolute atomic E-state index is 0.0404. The fraction of sp³-hybridized carbons (Fsp3) is 0.476. The van der Waals surface area contributed by atoms with Gasteiger partial charge in [-0.2, -0.15) is 5.10 Å². The summed E-state index contributed by atoms with van der Waals surface area (Å²) in [5, 5.41) is 8.64. The maximum atomic E-state index is 12.9. The molecule has 7 nitrogen and oxygen atoms in total. The van der Waals surface area contributed by atoms with Crippen LogP contribution in [0.3, 0.4) is 0 Å². The summed E-state index contributed by atoms with van der Waals surface area (Å²) in [7, 11) is 0. The van der Waals surface area contributed by atoms with Crippen LogP contribution < -0.4 is 0 Å². The van der Waals surface area contributed by atoms with E-state index in [1.807, 2.05) is 35.7 Å². The van der Waals surface area contributed by atoms with Crippen molar-refractivity contribution in [2.24, 2.45) is 5.16 Å². The molecule has 1 unspecified atom stereocenters. The summed E-state index contributed by atoms with van der Waals surface area (Å²) >= 11 is 0. The van der Waals surface area contributed by atoms with Crippen LogP contribution in [-0.4, -0.2) is 63.5 Å². The number of rotatable bonds is 5. The SMILES string of the molecule is CCn1cc(C2=NOC(C(=O)N3CCN(Cc4ccccc4)CC3)C2)c(C)n1. The summed E-state index contributed by atoms with van der Waals surface area (Å²) in [5.74, 6) is 0.0404. The molecule has 0 N–H and O–H groups in total. The zero-order valence-corrected chi connectivity index (χ0v) is 16.5. The first kappa shape index (κ1) is 18.7. The van der Waals surface area contributed by atoms with Crippen LogP contribution in [0.4, 0.5) is 0 Å². The van der Waals surface area contributed by atoms with E-state index in [0.29, 0.717) is 6.42 Å². The van der Waals surface area contributed by atoms with Crippen LogP contribution in [0.25, 0.3) is 0 Å². The summed E-state index contributed by atoms with van der Waals surface area (Å²) in [4.78, 5) is 22.7. The van der Waals surface area contributed by atoms with Crippen molar-refractivity contribution >= 4 is 11.6 Å². The quantitative estimate of drug-likeness (QED) is 0.795. The molecule has 0 spiro atoms. The predicted octanol–water partition coefficient (Wildman–Crippen LogP) is 2.05. The highest BCUT2D eigenvalue weighted by Crippen LogP contribution is 2.21. The average Bonchev–Trinajstić information content (AvgIpc) is 3.35. The highest BCUT2D eigenvalue weighted by Gasteiger charge is 2.34. The van der Waals surface area contributed by atoms with Crippen LogP contribution in [0, 0.1) is 6.92 Å². The summed E-state index contributed by atoms with van der Waals surface area (Å²) in [6.45, 7) is 8.97. The molecule has 0 saturated carbocycles. The average molecular weight is 381 g/mol. The Labute approximate surface area is 165 Å². The number of carbonyl (C=O) groups excluding carboxylic acids is 1. The molecular weight excluding hydrogens is 354 g/mol. The van der Waals surface area contributed by atoms with E-state index in [0.717, 1.165) is 56.2 Å². The summed E-state index contributed by atoms with van der Waals surface area (Å²) < 4.78 is 1.88. The van der Waals surface area contributed by atoms with Crippen LogP contribution in [0.15, 0.2) is 41.7 Å². The Morgan fingerprint density at radius 3 is 2.61 bits per heavy atom. The molecule has 0 bridgehead atoms. The van der Waals surface area contributed by atoms with E-state index in [4.69, 9.17) is 4.84 Å². The summed E-state index contributed by atoms with van der Waals surface area (Å²) in [6, 6.07) is 10.5. The van der Waals surface area contributed by atoms with Crippen LogP contribution >= 0.6 is 0 Å². The molecule has 1 saturated heterocycles. The van der Waals surface area contributed by atoms with Gasteiger partial charge < -0.3 is 9.74 Å². The Morgan fingerprint density at radius 2 is 1.93 bits per heavy atom. The summed E-state index contributed by atoms with van der Waals surface area (Å²) in [5.41, 5.74) is 4.03. The monoisotopic (exact) mass is 381 g/mol. The second kappa shape index (κ2) is 8.14. The van der Waals surface area contributed by atoms with E-state index in [1.165, 1.54) is 5.56 Å². The fourth-order valence-corrected chi connectivity index (χ4v) is 3.80. The fourth-order valence-electron chi connectivity index (χ4n) is 3.80. The number of oxime groups is 1. The van der Waals surface area contributed by atoms with E-state index in [-0.39, 0.29) is 5.91 Å². The van der Waals surface area contributed by atoms with Gasteiger partial charge in [0.15, 0.2) is 0 Å². The van der Waals surface area contributed by atoms with E-state index < -0.39 is 6.10 Å². The molecule has 7 heteroatoms. The lowest BCUT2D eigenvalue weighted by Crippen LogP contribution is -2.51. The zero-order chi connectivity index (χ0) is 19.5. The molecule has 1 amide bonds. The van der Waals surface area contributed by atoms with Crippen molar-refractivity contribution in [1.82, 2.24) is 19.6 Å². The number of benzene rings is 1. The number of aryl methyl sites for hydroxylation is 2. The number of amides is 1. The molecule has 28 heavy (non-hydrogen) atoms. The number of piperazine rings is 1. The molecule has 0 aliphatic carbocycles. The van der Waals surface area contributed by atoms with Gasteiger partial charge >= 0.3 is 0 Å². The van der Waals surface area contributed by atoms with Crippen LogP contribution in [0.2, 0.25) is 0 Å². The standard InChI is InChI=1S/C21H27N5O2/c1-3-26-15-18(16(2)22-26)19-13-20(28-23-19)21(27)25-11-9-24(10-12-25)14-17-7-5-4-6-8-17/h4-8,15,20H,3,9-14H2,1-2H3. The first-order valence-corrected chi connectivity index (χ1v) is 9.96. The number of hydrogen-bond acceptors (Lipinski definition) is 5. The van der Waals surface area contributed by atoms with Crippen molar-refractivity contribution in [1.29, 1.82) is 0 Å². The second-order valence-corrected chi connectivity index (χ2v) is 7.41. The highest BCUT2D eigenvalue weighted by molar-refractivity contribution is 6.04. The molecule has 2 aromatic rings. The molecule has 0 radical (unpaired) electrons. The topological polar surface area (TPSA) is 63.0 Å². The molecule has 2 aliphatic rings. The Balaban J connectivity index is 1.30. The van der Waals surface area contributed by atoms with Gasteiger partial charge in [0.2, 0.25) is 6.10 Å². The second-order valence-electron chi connectivity index (χ2n) is 7.41. The third kappa shape index (κ3) is 3.94. The van der Waals surface area contributed by atoms with Gasteiger partial charge in [-0.1, -0.05) is 35.5 Å². The molecule has 1 aromatic carbocycles. The smallest absolute Gasteiger partial charge is 0.266 e. The van der Waals surface area contributed by atoms with Gasteiger partial charge in [0.05, 0.1) is 11.4 Å². The predicted molar refractivity (Wildman–Crippen MR) is 107 cm³/mol. The van der Waals surface area contributed by atoms with Crippen LogP contribution in [0.1, 0.15) is 30.2 Å². The van der Waals surface area contributed by atoms with E-state index in [9.17, 15) is 4.79 Å². The van der Waals surface area contributed by atoms with Crippen molar-refractivity contribution in [2.45, 2.75) is 39.5 Å². The van der Waals surface area contributed by atoms with Gasteiger partial charge in [-0.25, -0.2) is 0 Å². The Bertz CT molecular complexity index is 853. The normalized spacial score (nSPS) is 20.1. The van der Waals surface area contributed by atoms with Gasteiger partial charge in [-0.05, 0) is 19.4 Å². The Hall–Kier alpha value is -2.67. The van der Waals surface area contributed by atoms with Gasteiger partial charge in [0, 0.05) is 57.4 Å². The van der Waals surface area contributed by atoms with Crippen molar-refractivity contribution < 1.29 is 9.63 Å². The zero-order valence-electron chi connectivity index (χ0n) is 16.5. The van der Waals surface area contributed by atoms with Crippen molar-refractivity contribution in [3.8, 4) is 0 Å². The molecule has 2 aliphatic heterocycles. The minimum Gasteiger partial charge on any atom is -0.382 e. The van der Waals surface area contributed by atoms with E-state index in [2.05, 4.69) is 39.4 Å². The maximum absolute atomic E-state index is 12.9.